The quantitative estimate of drug-likeness (QED) is 0.852. The molecule has 0 radical (unpaired) electrons. The number of halogens is 2. The van der Waals surface area contributed by atoms with E-state index in [1.54, 1.807) is 18.2 Å². The Labute approximate surface area is 100 Å². The summed E-state index contributed by atoms with van der Waals surface area (Å²) in [5.41, 5.74) is 0.506. The van der Waals surface area contributed by atoms with Crippen molar-refractivity contribution in [2.75, 3.05) is 25.0 Å². The fourth-order valence-corrected chi connectivity index (χ4v) is 2.15. The molecule has 1 aromatic carbocycles. The maximum absolute atomic E-state index is 13.5. The van der Waals surface area contributed by atoms with Crippen LogP contribution in [0.2, 0.25) is 5.02 Å². The highest BCUT2D eigenvalue weighted by atomic mass is 35.5. The molecule has 4 heteroatoms. The molecule has 0 unspecified atom stereocenters. The Morgan fingerprint density at radius 2 is 2.12 bits per heavy atom. The summed E-state index contributed by atoms with van der Waals surface area (Å²) in [6, 6.07) is 5.05. The predicted molar refractivity (Wildman–Crippen MR) is 65.5 cm³/mol. The molecule has 1 saturated heterocycles. The maximum atomic E-state index is 13.5. The van der Waals surface area contributed by atoms with Crippen molar-refractivity contribution in [2.45, 2.75) is 12.8 Å². The summed E-state index contributed by atoms with van der Waals surface area (Å²) in [4.78, 5) is 0. The number of hydrogen-bond donors (Lipinski definition) is 2. The van der Waals surface area contributed by atoms with E-state index in [2.05, 4.69) is 10.6 Å². The van der Waals surface area contributed by atoms with Gasteiger partial charge in [-0.25, -0.2) is 4.39 Å². The molecule has 1 heterocycles. The van der Waals surface area contributed by atoms with Crippen molar-refractivity contribution in [3.05, 3.63) is 29.0 Å². The van der Waals surface area contributed by atoms with Gasteiger partial charge in [0.2, 0.25) is 0 Å². The summed E-state index contributed by atoms with van der Waals surface area (Å²) in [5, 5.41) is 6.62. The molecule has 0 atom stereocenters. The summed E-state index contributed by atoms with van der Waals surface area (Å²) in [7, 11) is 0. The second kappa shape index (κ2) is 5.51. The Hall–Kier alpha value is -0.800. The number of nitrogens with one attached hydrogen (secondary N) is 2. The first-order valence-corrected chi connectivity index (χ1v) is 6.04. The molecular weight excluding hydrogens is 227 g/mol. The van der Waals surface area contributed by atoms with Gasteiger partial charge in [0.15, 0.2) is 5.82 Å². The molecule has 1 aliphatic rings. The highest BCUT2D eigenvalue weighted by Gasteiger charge is 2.13. The SMILES string of the molecule is Fc1c(Cl)cccc1NCC1CCNCC1. The first-order valence-electron chi connectivity index (χ1n) is 5.66. The lowest BCUT2D eigenvalue weighted by atomic mass is 9.98. The van der Waals surface area contributed by atoms with Crippen LogP contribution < -0.4 is 10.6 Å². The predicted octanol–water partition coefficient (Wildman–Crippen LogP) is 2.89. The zero-order chi connectivity index (χ0) is 11.4. The fourth-order valence-electron chi connectivity index (χ4n) is 1.98. The normalized spacial score (nSPS) is 17.4. The largest absolute Gasteiger partial charge is 0.382 e. The Morgan fingerprint density at radius 3 is 2.88 bits per heavy atom. The summed E-state index contributed by atoms with van der Waals surface area (Å²) in [6.45, 7) is 2.94. The van der Waals surface area contributed by atoms with Crippen LogP contribution in [0.3, 0.4) is 0 Å². The summed E-state index contributed by atoms with van der Waals surface area (Å²) >= 11 is 5.71. The van der Waals surface area contributed by atoms with Gasteiger partial charge >= 0.3 is 0 Å². The molecule has 88 valence electrons. The summed E-state index contributed by atoms with van der Waals surface area (Å²) in [6.07, 6.45) is 2.30. The van der Waals surface area contributed by atoms with Crippen LogP contribution in [-0.2, 0) is 0 Å². The standard InChI is InChI=1S/C12H16ClFN2/c13-10-2-1-3-11(12(10)14)16-8-9-4-6-15-7-5-9/h1-3,9,15-16H,4-8H2. The van der Waals surface area contributed by atoms with Crippen LogP contribution in [-0.4, -0.2) is 19.6 Å². The number of piperidine rings is 1. The zero-order valence-electron chi connectivity index (χ0n) is 9.10. The van der Waals surface area contributed by atoms with E-state index >= 15 is 0 Å². The van der Waals surface area contributed by atoms with Crippen molar-refractivity contribution in [3.8, 4) is 0 Å². The van der Waals surface area contributed by atoms with Gasteiger partial charge in [-0.15, -0.1) is 0 Å². The van der Waals surface area contributed by atoms with Gasteiger partial charge in [-0.1, -0.05) is 17.7 Å². The van der Waals surface area contributed by atoms with Crippen LogP contribution >= 0.6 is 11.6 Å². The van der Waals surface area contributed by atoms with Crippen LogP contribution in [0, 0.1) is 11.7 Å². The van der Waals surface area contributed by atoms with Crippen molar-refractivity contribution in [3.63, 3.8) is 0 Å². The van der Waals surface area contributed by atoms with Crippen LogP contribution in [0.25, 0.3) is 0 Å². The first kappa shape index (κ1) is 11.7. The fraction of sp³-hybridized carbons (Fsp3) is 0.500. The molecule has 0 spiro atoms. The van der Waals surface area contributed by atoms with E-state index in [-0.39, 0.29) is 10.8 Å². The minimum atomic E-state index is -0.349. The number of rotatable bonds is 3. The third-order valence-electron chi connectivity index (χ3n) is 2.99. The Morgan fingerprint density at radius 1 is 1.38 bits per heavy atom. The topological polar surface area (TPSA) is 24.1 Å². The summed E-state index contributed by atoms with van der Waals surface area (Å²) < 4.78 is 13.5. The van der Waals surface area contributed by atoms with Gasteiger partial charge in [-0.05, 0) is 44.0 Å². The van der Waals surface area contributed by atoms with E-state index < -0.39 is 0 Å². The second-order valence-corrected chi connectivity index (χ2v) is 4.58. The van der Waals surface area contributed by atoms with Crippen LogP contribution in [0.15, 0.2) is 18.2 Å². The molecule has 0 saturated carbocycles. The number of hydrogen-bond acceptors (Lipinski definition) is 2. The van der Waals surface area contributed by atoms with Gasteiger partial charge in [0, 0.05) is 6.54 Å². The molecule has 1 fully saturated rings. The molecule has 2 N–H and O–H groups in total. The van der Waals surface area contributed by atoms with Gasteiger partial charge in [0.1, 0.15) is 0 Å². The first-order chi connectivity index (χ1) is 7.77. The molecule has 16 heavy (non-hydrogen) atoms. The molecule has 0 bridgehead atoms. The smallest absolute Gasteiger partial charge is 0.164 e. The average molecular weight is 243 g/mol. The van der Waals surface area contributed by atoms with E-state index in [1.807, 2.05) is 0 Å². The molecule has 1 aromatic rings. The van der Waals surface area contributed by atoms with Gasteiger partial charge in [0.25, 0.3) is 0 Å². The van der Waals surface area contributed by atoms with Gasteiger partial charge < -0.3 is 10.6 Å². The van der Waals surface area contributed by atoms with Crippen LogP contribution in [0.1, 0.15) is 12.8 Å². The molecule has 2 rings (SSSR count). The second-order valence-electron chi connectivity index (χ2n) is 4.18. The molecule has 0 aliphatic carbocycles. The highest BCUT2D eigenvalue weighted by molar-refractivity contribution is 6.31. The molecular formula is C12H16ClFN2. The van der Waals surface area contributed by atoms with Gasteiger partial charge in [-0.3, -0.25) is 0 Å². The van der Waals surface area contributed by atoms with Crippen molar-refractivity contribution in [1.82, 2.24) is 5.32 Å². The van der Waals surface area contributed by atoms with Crippen LogP contribution in [0.4, 0.5) is 10.1 Å². The van der Waals surface area contributed by atoms with Crippen molar-refractivity contribution < 1.29 is 4.39 Å². The number of benzene rings is 1. The Bertz CT molecular complexity index is 351. The minimum Gasteiger partial charge on any atom is -0.382 e. The monoisotopic (exact) mass is 242 g/mol. The van der Waals surface area contributed by atoms with Gasteiger partial charge in [-0.2, -0.15) is 0 Å². The Balaban J connectivity index is 1.91. The van der Waals surface area contributed by atoms with Crippen molar-refractivity contribution >= 4 is 17.3 Å². The lowest BCUT2D eigenvalue weighted by Gasteiger charge is -2.23. The van der Waals surface area contributed by atoms with Crippen LogP contribution in [0.5, 0.6) is 0 Å². The minimum absolute atomic E-state index is 0.176. The Kier molecular flexibility index (Phi) is 4.02. The molecule has 0 amide bonds. The lowest BCUT2D eigenvalue weighted by molar-refractivity contribution is 0.389. The van der Waals surface area contributed by atoms with Crippen molar-refractivity contribution in [1.29, 1.82) is 0 Å². The third-order valence-corrected chi connectivity index (χ3v) is 3.28. The van der Waals surface area contributed by atoms with Crippen molar-refractivity contribution in [2.24, 2.45) is 5.92 Å². The van der Waals surface area contributed by atoms with E-state index in [1.165, 1.54) is 0 Å². The van der Waals surface area contributed by atoms with E-state index in [4.69, 9.17) is 11.6 Å². The maximum Gasteiger partial charge on any atom is 0.164 e. The van der Waals surface area contributed by atoms with E-state index in [0.717, 1.165) is 32.5 Å². The molecule has 0 aromatic heterocycles. The summed E-state index contributed by atoms with van der Waals surface area (Å²) in [5.74, 6) is 0.276. The average Bonchev–Trinajstić information content (AvgIpc) is 2.32. The molecule has 2 nitrogen and oxygen atoms in total. The molecule has 1 aliphatic heterocycles. The van der Waals surface area contributed by atoms with E-state index in [0.29, 0.717) is 11.6 Å². The third kappa shape index (κ3) is 2.86. The zero-order valence-corrected chi connectivity index (χ0v) is 9.86. The lowest BCUT2D eigenvalue weighted by Crippen LogP contribution is -2.31. The van der Waals surface area contributed by atoms with E-state index in [9.17, 15) is 4.39 Å². The highest BCUT2D eigenvalue weighted by Crippen LogP contribution is 2.22. The number of anilines is 1. The van der Waals surface area contributed by atoms with Gasteiger partial charge in [0.05, 0.1) is 10.7 Å².